The Hall–Kier alpha value is -2.62. The number of nitrogens with zero attached hydrogens (tertiary/aromatic N) is 1. The fourth-order valence-corrected chi connectivity index (χ4v) is 3.75. The van der Waals surface area contributed by atoms with Crippen LogP contribution in [0.1, 0.15) is 35.7 Å². The molecule has 0 bridgehead atoms. The fourth-order valence-electron chi connectivity index (χ4n) is 3.75. The number of aryl methyl sites for hydroxylation is 1. The van der Waals surface area contributed by atoms with Gasteiger partial charge in [0, 0.05) is 35.1 Å². The number of hydrogen-bond donors (Lipinski definition) is 1. The van der Waals surface area contributed by atoms with Gasteiger partial charge in [0.15, 0.2) is 0 Å². The second kappa shape index (κ2) is 5.78. The SMILES string of the molecule is Cc1[nH]c2ccccc2c1[C@H]1CCC(=O)N1Cc1ccc(F)cc1. The lowest BCUT2D eigenvalue weighted by Gasteiger charge is -2.25. The van der Waals surface area contributed by atoms with Crippen molar-refractivity contribution in [2.24, 2.45) is 0 Å². The predicted octanol–water partition coefficient (Wildman–Crippen LogP) is 4.48. The summed E-state index contributed by atoms with van der Waals surface area (Å²) in [5.74, 6) is -0.0930. The van der Waals surface area contributed by atoms with E-state index in [0.29, 0.717) is 13.0 Å². The van der Waals surface area contributed by atoms with Crippen LogP contribution in [0.3, 0.4) is 0 Å². The number of aromatic nitrogens is 1. The van der Waals surface area contributed by atoms with Crippen molar-refractivity contribution in [2.45, 2.75) is 32.4 Å². The summed E-state index contributed by atoms with van der Waals surface area (Å²) in [6.07, 6.45) is 1.38. The Morgan fingerprint density at radius 3 is 2.71 bits per heavy atom. The molecule has 4 heteroatoms. The zero-order chi connectivity index (χ0) is 16.7. The number of nitrogens with one attached hydrogen (secondary N) is 1. The van der Waals surface area contributed by atoms with Gasteiger partial charge in [-0.05, 0) is 37.1 Å². The molecule has 1 aromatic heterocycles. The van der Waals surface area contributed by atoms with Crippen molar-refractivity contribution in [1.29, 1.82) is 0 Å². The third-order valence-electron chi connectivity index (χ3n) is 4.87. The topological polar surface area (TPSA) is 36.1 Å². The van der Waals surface area contributed by atoms with Gasteiger partial charge in [0.25, 0.3) is 0 Å². The van der Waals surface area contributed by atoms with Crippen LogP contribution in [0.5, 0.6) is 0 Å². The van der Waals surface area contributed by atoms with E-state index in [2.05, 4.69) is 24.0 Å². The number of aromatic amines is 1. The van der Waals surface area contributed by atoms with Gasteiger partial charge in [0.2, 0.25) is 5.91 Å². The minimum Gasteiger partial charge on any atom is -0.358 e. The summed E-state index contributed by atoms with van der Waals surface area (Å²) in [5, 5.41) is 1.18. The van der Waals surface area contributed by atoms with Crippen molar-refractivity contribution in [3.63, 3.8) is 0 Å². The van der Waals surface area contributed by atoms with Crippen LogP contribution in [0.25, 0.3) is 10.9 Å². The summed E-state index contributed by atoms with van der Waals surface area (Å²) in [6, 6.07) is 14.7. The molecule has 4 rings (SSSR count). The number of carbonyl (C=O) groups excluding carboxylic acids is 1. The van der Waals surface area contributed by atoms with Crippen LogP contribution < -0.4 is 0 Å². The molecular formula is C20H19FN2O. The monoisotopic (exact) mass is 322 g/mol. The molecule has 3 aromatic rings. The summed E-state index contributed by atoms with van der Waals surface area (Å²) < 4.78 is 13.1. The number of fused-ring (bicyclic) bond motifs is 1. The number of carbonyl (C=O) groups is 1. The second-order valence-electron chi connectivity index (χ2n) is 6.41. The van der Waals surface area contributed by atoms with Crippen LogP contribution in [0.4, 0.5) is 4.39 Å². The maximum atomic E-state index is 13.1. The van der Waals surface area contributed by atoms with Crippen LogP contribution in [0, 0.1) is 12.7 Å². The van der Waals surface area contributed by atoms with Gasteiger partial charge >= 0.3 is 0 Å². The molecule has 122 valence electrons. The predicted molar refractivity (Wildman–Crippen MR) is 92.0 cm³/mol. The molecule has 24 heavy (non-hydrogen) atoms. The molecule has 1 amide bonds. The Morgan fingerprint density at radius 1 is 1.17 bits per heavy atom. The normalized spacial score (nSPS) is 17.8. The molecule has 0 unspecified atom stereocenters. The molecule has 2 heterocycles. The number of para-hydroxylation sites is 1. The molecule has 0 radical (unpaired) electrons. The summed E-state index contributed by atoms with van der Waals surface area (Å²) in [6.45, 7) is 2.58. The Balaban J connectivity index is 1.71. The molecule has 2 aromatic carbocycles. The third-order valence-corrected chi connectivity index (χ3v) is 4.87. The standard InChI is InChI=1S/C20H19FN2O/c1-13-20(16-4-2-3-5-17(16)22-13)18-10-11-19(24)23(18)12-14-6-8-15(21)9-7-14/h2-9,18,22H,10-12H2,1H3/t18-/m1/s1. The zero-order valence-electron chi connectivity index (χ0n) is 13.6. The Bertz CT molecular complexity index is 898. The van der Waals surface area contributed by atoms with Crippen molar-refractivity contribution in [1.82, 2.24) is 9.88 Å². The Labute approximate surface area is 140 Å². The van der Waals surface area contributed by atoms with Gasteiger partial charge in [0.05, 0.1) is 6.04 Å². The molecule has 1 fully saturated rings. The molecular weight excluding hydrogens is 303 g/mol. The first-order valence-electron chi connectivity index (χ1n) is 8.24. The van der Waals surface area contributed by atoms with Gasteiger partial charge in [-0.2, -0.15) is 0 Å². The maximum Gasteiger partial charge on any atom is 0.223 e. The number of H-pyrrole nitrogens is 1. The van der Waals surface area contributed by atoms with E-state index in [1.54, 1.807) is 12.1 Å². The van der Waals surface area contributed by atoms with E-state index in [4.69, 9.17) is 0 Å². The lowest BCUT2D eigenvalue weighted by Crippen LogP contribution is -2.27. The first kappa shape index (κ1) is 14.9. The molecule has 1 aliphatic heterocycles. The second-order valence-corrected chi connectivity index (χ2v) is 6.41. The summed E-state index contributed by atoms with van der Waals surface area (Å²) in [4.78, 5) is 17.8. The first-order valence-corrected chi connectivity index (χ1v) is 8.24. The van der Waals surface area contributed by atoms with Crippen LogP contribution >= 0.6 is 0 Å². The van der Waals surface area contributed by atoms with Gasteiger partial charge < -0.3 is 9.88 Å². The lowest BCUT2D eigenvalue weighted by atomic mass is 10.0. The quantitative estimate of drug-likeness (QED) is 0.758. The van der Waals surface area contributed by atoms with Crippen LogP contribution in [-0.2, 0) is 11.3 Å². The van der Waals surface area contributed by atoms with Crippen molar-refractivity contribution >= 4 is 16.8 Å². The first-order chi connectivity index (χ1) is 11.6. The number of halogens is 1. The minimum absolute atomic E-state index is 0.0682. The van der Waals surface area contributed by atoms with Gasteiger partial charge in [-0.25, -0.2) is 4.39 Å². The maximum absolute atomic E-state index is 13.1. The highest BCUT2D eigenvalue weighted by Crippen LogP contribution is 2.39. The highest BCUT2D eigenvalue weighted by molar-refractivity contribution is 5.87. The van der Waals surface area contributed by atoms with Gasteiger partial charge in [-0.3, -0.25) is 4.79 Å². The van der Waals surface area contributed by atoms with Crippen molar-refractivity contribution in [3.05, 3.63) is 71.2 Å². The lowest BCUT2D eigenvalue weighted by molar-refractivity contribution is -0.129. The molecule has 0 saturated carbocycles. The number of amides is 1. The third kappa shape index (κ3) is 2.48. The molecule has 0 aliphatic carbocycles. The number of hydrogen-bond acceptors (Lipinski definition) is 1. The van der Waals surface area contributed by atoms with E-state index in [1.807, 2.05) is 17.0 Å². The number of likely N-dealkylation sites (tertiary alicyclic amines) is 1. The van der Waals surface area contributed by atoms with E-state index in [0.717, 1.165) is 23.2 Å². The van der Waals surface area contributed by atoms with Crippen LogP contribution in [-0.4, -0.2) is 15.8 Å². The molecule has 1 saturated heterocycles. The van der Waals surface area contributed by atoms with Crippen LogP contribution in [0.2, 0.25) is 0 Å². The minimum atomic E-state index is -0.254. The summed E-state index contributed by atoms with van der Waals surface area (Å²) in [5.41, 5.74) is 4.37. The van der Waals surface area contributed by atoms with Gasteiger partial charge in [-0.1, -0.05) is 30.3 Å². The Kier molecular flexibility index (Phi) is 3.60. The van der Waals surface area contributed by atoms with E-state index in [-0.39, 0.29) is 17.8 Å². The molecule has 1 atom stereocenters. The van der Waals surface area contributed by atoms with E-state index < -0.39 is 0 Å². The molecule has 1 aliphatic rings. The van der Waals surface area contributed by atoms with E-state index in [9.17, 15) is 9.18 Å². The summed E-state index contributed by atoms with van der Waals surface area (Å²) in [7, 11) is 0. The molecule has 0 spiro atoms. The Morgan fingerprint density at radius 2 is 1.92 bits per heavy atom. The summed E-state index contributed by atoms with van der Waals surface area (Å²) >= 11 is 0. The van der Waals surface area contributed by atoms with Crippen molar-refractivity contribution < 1.29 is 9.18 Å². The van der Waals surface area contributed by atoms with Crippen molar-refractivity contribution in [2.75, 3.05) is 0 Å². The average Bonchev–Trinajstić information content (AvgIpc) is 3.09. The van der Waals surface area contributed by atoms with Gasteiger partial charge in [-0.15, -0.1) is 0 Å². The molecule has 3 nitrogen and oxygen atoms in total. The zero-order valence-corrected chi connectivity index (χ0v) is 13.6. The van der Waals surface area contributed by atoms with E-state index >= 15 is 0 Å². The van der Waals surface area contributed by atoms with Crippen molar-refractivity contribution in [3.8, 4) is 0 Å². The van der Waals surface area contributed by atoms with Crippen LogP contribution in [0.15, 0.2) is 48.5 Å². The smallest absolute Gasteiger partial charge is 0.223 e. The average molecular weight is 322 g/mol. The molecule has 1 N–H and O–H groups in total. The van der Waals surface area contributed by atoms with E-state index in [1.165, 1.54) is 23.1 Å². The van der Waals surface area contributed by atoms with Gasteiger partial charge in [0.1, 0.15) is 5.82 Å². The number of rotatable bonds is 3. The largest absolute Gasteiger partial charge is 0.358 e. The highest BCUT2D eigenvalue weighted by atomic mass is 19.1. The fraction of sp³-hybridized carbons (Fsp3) is 0.250. The number of benzene rings is 2. The highest BCUT2D eigenvalue weighted by Gasteiger charge is 2.34.